The van der Waals surface area contributed by atoms with Crippen LogP contribution >= 0.6 is 15.9 Å². The summed E-state index contributed by atoms with van der Waals surface area (Å²) in [6.45, 7) is 0.382. The predicted molar refractivity (Wildman–Crippen MR) is 113 cm³/mol. The first-order chi connectivity index (χ1) is 14.6. The highest BCUT2D eigenvalue weighted by molar-refractivity contribution is 9.10. The Morgan fingerprint density at radius 3 is 2.65 bits per heavy atom. The first-order valence-electron chi connectivity index (χ1n) is 9.53. The van der Waals surface area contributed by atoms with Crippen LogP contribution in [0.1, 0.15) is 24.4 Å². The molecule has 2 aromatic carbocycles. The van der Waals surface area contributed by atoms with Gasteiger partial charge in [-0.15, -0.1) is 0 Å². The number of halogens is 4. The number of non-ortho nitro benzene ring substituents is 1. The average Bonchev–Trinajstić information content (AvgIpc) is 2.81. The van der Waals surface area contributed by atoms with Crippen molar-refractivity contribution < 1.29 is 22.9 Å². The van der Waals surface area contributed by atoms with E-state index in [1.807, 2.05) is 28.0 Å². The van der Waals surface area contributed by atoms with Crippen molar-refractivity contribution in [2.75, 3.05) is 23.4 Å². The van der Waals surface area contributed by atoms with Crippen LogP contribution in [-0.2, 0) is 4.79 Å². The number of nitro benzene ring substituents is 1. The predicted octanol–water partition coefficient (Wildman–Crippen LogP) is 4.83. The smallest absolute Gasteiger partial charge is 0.363 e. The molecule has 2 aliphatic heterocycles. The number of hydrogen-bond donors (Lipinski definition) is 1. The number of carbonyl (C=O) groups is 1. The lowest BCUT2D eigenvalue weighted by Crippen LogP contribution is -2.49. The molecule has 0 spiro atoms. The van der Waals surface area contributed by atoms with Crippen molar-refractivity contribution in [1.82, 2.24) is 5.32 Å². The molecule has 0 saturated carbocycles. The van der Waals surface area contributed by atoms with E-state index < -0.39 is 23.0 Å². The van der Waals surface area contributed by atoms with E-state index in [1.54, 1.807) is 13.1 Å². The molecule has 2 aliphatic rings. The second-order valence-electron chi connectivity index (χ2n) is 7.56. The van der Waals surface area contributed by atoms with Crippen LogP contribution in [0.4, 0.5) is 35.9 Å². The minimum Gasteiger partial charge on any atom is -0.363 e. The second-order valence-corrected chi connectivity index (χ2v) is 8.42. The van der Waals surface area contributed by atoms with Crippen LogP contribution in [0.15, 0.2) is 40.9 Å². The number of anilines is 3. The Morgan fingerprint density at radius 2 is 1.97 bits per heavy atom. The first kappa shape index (κ1) is 21.4. The minimum absolute atomic E-state index is 0.0482. The van der Waals surface area contributed by atoms with Crippen LogP contribution in [0.2, 0.25) is 0 Å². The number of carbonyl (C=O) groups excluding carboxylic acids is 1. The molecular formula is C20H18BrF3N4O3. The number of nitrogens with one attached hydrogen (secondary N) is 1. The molecule has 0 bridgehead atoms. The van der Waals surface area contributed by atoms with Gasteiger partial charge in [0.2, 0.25) is 0 Å². The topological polar surface area (TPSA) is 78.7 Å². The number of nitro groups is 1. The standard InChI is InChI=1S/C20H18BrF3N4O3/c1-26-15-4-2-3-13(21)18(15)17-9-11(25-19(29)20(22,23)24)7-8-27(17)14-6-5-12(28(30)31)10-16(14)26/h2-6,10-11,17H,7-9H2,1H3,(H,25,29)/t11-,17+/m0/s1. The summed E-state index contributed by atoms with van der Waals surface area (Å²) in [7, 11) is 1.80. The Labute approximate surface area is 184 Å². The van der Waals surface area contributed by atoms with E-state index in [4.69, 9.17) is 0 Å². The third-order valence-electron chi connectivity index (χ3n) is 5.76. The molecule has 4 rings (SSSR count). The number of rotatable bonds is 2. The summed E-state index contributed by atoms with van der Waals surface area (Å²) >= 11 is 3.56. The second kappa shape index (κ2) is 7.70. The van der Waals surface area contributed by atoms with Gasteiger partial charge in [0.05, 0.1) is 22.3 Å². The zero-order valence-corrected chi connectivity index (χ0v) is 17.9. The van der Waals surface area contributed by atoms with Crippen LogP contribution in [-0.4, -0.2) is 36.6 Å². The van der Waals surface area contributed by atoms with Crippen molar-refractivity contribution in [3.63, 3.8) is 0 Å². The monoisotopic (exact) mass is 498 g/mol. The zero-order chi connectivity index (χ0) is 22.5. The molecule has 1 amide bonds. The van der Waals surface area contributed by atoms with E-state index in [0.717, 1.165) is 21.4 Å². The van der Waals surface area contributed by atoms with Gasteiger partial charge in [-0.2, -0.15) is 13.2 Å². The van der Waals surface area contributed by atoms with E-state index in [1.165, 1.54) is 12.1 Å². The molecule has 2 aromatic rings. The van der Waals surface area contributed by atoms with E-state index in [2.05, 4.69) is 21.2 Å². The molecule has 7 nitrogen and oxygen atoms in total. The van der Waals surface area contributed by atoms with Gasteiger partial charge in [-0.25, -0.2) is 0 Å². The minimum atomic E-state index is -4.94. The van der Waals surface area contributed by atoms with Crippen LogP contribution in [0, 0.1) is 10.1 Å². The number of benzene rings is 2. The summed E-state index contributed by atoms with van der Waals surface area (Å²) in [5.41, 5.74) is 2.98. The maximum atomic E-state index is 12.8. The van der Waals surface area contributed by atoms with Crippen molar-refractivity contribution in [2.45, 2.75) is 31.1 Å². The summed E-state index contributed by atoms with van der Waals surface area (Å²) in [5.74, 6) is -1.94. The number of hydrogen-bond acceptors (Lipinski definition) is 5. The molecule has 1 saturated heterocycles. The average molecular weight is 499 g/mol. The number of nitrogens with zero attached hydrogens (tertiary/aromatic N) is 3. The number of fused-ring (bicyclic) bond motifs is 5. The van der Waals surface area contributed by atoms with Crippen molar-refractivity contribution in [1.29, 1.82) is 0 Å². The molecule has 1 N–H and O–H groups in total. The van der Waals surface area contributed by atoms with Gasteiger partial charge in [0, 0.05) is 47.5 Å². The van der Waals surface area contributed by atoms with Gasteiger partial charge >= 0.3 is 12.1 Å². The molecule has 11 heteroatoms. The number of amides is 1. The fourth-order valence-electron chi connectivity index (χ4n) is 4.34. The van der Waals surface area contributed by atoms with Crippen molar-refractivity contribution in [3.05, 3.63) is 56.5 Å². The normalized spacial score (nSPS) is 20.3. The van der Waals surface area contributed by atoms with E-state index in [9.17, 15) is 28.1 Å². The molecule has 0 unspecified atom stereocenters. The highest BCUT2D eigenvalue weighted by Crippen LogP contribution is 2.50. The van der Waals surface area contributed by atoms with Crippen LogP contribution in [0.25, 0.3) is 0 Å². The fourth-order valence-corrected chi connectivity index (χ4v) is 4.96. The molecule has 164 valence electrons. The maximum Gasteiger partial charge on any atom is 0.471 e. The Kier molecular flexibility index (Phi) is 5.32. The molecule has 31 heavy (non-hydrogen) atoms. The Bertz CT molecular complexity index is 1060. The first-order valence-corrected chi connectivity index (χ1v) is 10.3. The lowest BCUT2D eigenvalue weighted by molar-refractivity contribution is -0.384. The summed E-state index contributed by atoms with van der Waals surface area (Å²) in [6.07, 6.45) is -4.36. The van der Waals surface area contributed by atoms with Gasteiger partial charge in [0.15, 0.2) is 0 Å². The molecule has 0 radical (unpaired) electrons. The fraction of sp³-hybridized carbons (Fsp3) is 0.350. The lowest BCUT2D eigenvalue weighted by Gasteiger charge is -2.41. The summed E-state index contributed by atoms with van der Waals surface area (Å²) in [6, 6.07) is 9.16. The Morgan fingerprint density at radius 1 is 1.23 bits per heavy atom. The summed E-state index contributed by atoms with van der Waals surface area (Å²) in [4.78, 5) is 26.3. The van der Waals surface area contributed by atoms with Crippen LogP contribution in [0.3, 0.4) is 0 Å². The van der Waals surface area contributed by atoms with Crippen molar-refractivity contribution in [2.24, 2.45) is 0 Å². The van der Waals surface area contributed by atoms with Gasteiger partial charge in [-0.1, -0.05) is 22.0 Å². The van der Waals surface area contributed by atoms with Gasteiger partial charge in [-0.05, 0) is 31.0 Å². The molecular weight excluding hydrogens is 481 g/mol. The van der Waals surface area contributed by atoms with Crippen LogP contribution in [0.5, 0.6) is 0 Å². The van der Waals surface area contributed by atoms with Gasteiger partial charge in [0.25, 0.3) is 5.69 Å². The highest BCUT2D eigenvalue weighted by atomic mass is 79.9. The summed E-state index contributed by atoms with van der Waals surface area (Å²) in [5, 5.41) is 13.4. The van der Waals surface area contributed by atoms with E-state index >= 15 is 0 Å². The SMILES string of the molecule is CN1c2cc([N+](=O)[O-])ccc2N2CC[C@H](NC(=O)C(F)(F)F)C[C@@H]2c2c(Br)cccc21. The highest BCUT2D eigenvalue weighted by Gasteiger charge is 2.43. The maximum absolute atomic E-state index is 12.8. The van der Waals surface area contributed by atoms with E-state index in [0.29, 0.717) is 18.7 Å². The number of alkyl halides is 3. The Hall–Kier alpha value is -2.82. The third-order valence-corrected chi connectivity index (χ3v) is 6.45. The quantitative estimate of drug-likeness (QED) is 0.474. The molecule has 1 fully saturated rings. The van der Waals surface area contributed by atoms with Crippen molar-refractivity contribution in [3.8, 4) is 0 Å². The van der Waals surface area contributed by atoms with Gasteiger partial charge < -0.3 is 15.1 Å². The zero-order valence-electron chi connectivity index (χ0n) is 16.3. The largest absolute Gasteiger partial charge is 0.471 e. The van der Waals surface area contributed by atoms with Gasteiger partial charge in [0.1, 0.15) is 0 Å². The third kappa shape index (κ3) is 3.82. The summed E-state index contributed by atoms with van der Waals surface area (Å²) < 4.78 is 39.1. The van der Waals surface area contributed by atoms with E-state index in [-0.39, 0.29) is 18.2 Å². The Balaban J connectivity index is 1.79. The number of piperidine rings is 1. The lowest BCUT2D eigenvalue weighted by atomic mass is 9.90. The molecule has 0 aliphatic carbocycles. The van der Waals surface area contributed by atoms with Crippen molar-refractivity contribution >= 4 is 44.6 Å². The molecule has 0 aromatic heterocycles. The molecule has 2 heterocycles. The van der Waals surface area contributed by atoms with Gasteiger partial charge in [-0.3, -0.25) is 14.9 Å². The molecule has 2 atom stereocenters. The van der Waals surface area contributed by atoms with Crippen LogP contribution < -0.4 is 15.1 Å².